The molecule has 17 rings (SSSR count). The molecular formula is C92H90N14O14. The third-order valence-electron chi connectivity index (χ3n) is 20.2. The van der Waals surface area contributed by atoms with Crippen LogP contribution in [0, 0.1) is 34.0 Å². The molecule has 120 heavy (non-hydrogen) atoms. The second kappa shape index (κ2) is 36.5. The van der Waals surface area contributed by atoms with E-state index >= 15 is 0 Å². The van der Waals surface area contributed by atoms with Gasteiger partial charge in [0.2, 0.25) is 0 Å². The van der Waals surface area contributed by atoms with Gasteiger partial charge in [0.1, 0.15) is 110 Å². The molecule has 5 aliphatic rings. The van der Waals surface area contributed by atoms with Crippen molar-refractivity contribution in [2.75, 3.05) is 121 Å². The molecular weight excluding hydrogens is 1530 g/mol. The molecule has 0 saturated carbocycles. The second-order valence-electron chi connectivity index (χ2n) is 27.6. The Morgan fingerprint density at radius 3 is 0.908 bits per heavy atom. The number of fused-ring (bicyclic) bond motifs is 2. The molecule has 0 amide bonds. The number of anilines is 5. The Kier molecular flexibility index (Phi) is 25.0. The van der Waals surface area contributed by atoms with Crippen molar-refractivity contribution < 1.29 is 68.2 Å². The lowest BCUT2D eigenvalue weighted by Gasteiger charge is -2.20. The highest BCUT2D eigenvalue weighted by Gasteiger charge is 2.36. The number of H-pyrrole nitrogens is 2. The van der Waals surface area contributed by atoms with Crippen LogP contribution in [0.4, 0.5) is 28.4 Å². The number of aromatic amines is 2. The van der Waals surface area contributed by atoms with E-state index in [0.29, 0.717) is 85.2 Å². The van der Waals surface area contributed by atoms with Crippen molar-refractivity contribution in [3.63, 3.8) is 0 Å². The van der Waals surface area contributed by atoms with Gasteiger partial charge in [-0.1, -0.05) is 72.8 Å². The van der Waals surface area contributed by atoms with Crippen LogP contribution < -0.4 is 67.1 Å². The molecule has 4 aromatic heterocycles. The summed E-state index contributed by atoms with van der Waals surface area (Å²) in [6.45, 7) is 3.17. The van der Waals surface area contributed by atoms with E-state index in [2.05, 4.69) is 19.9 Å². The first-order valence-corrected chi connectivity index (χ1v) is 37.6. The fourth-order valence-electron chi connectivity index (χ4n) is 14.3. The number of para-hydroxylation sites is 2. The summed E-state index contributed by atoms with van der Waals surface area (Å²) in [6.07, 6.45) is 4.92. The molecule has 0 bridgehead atoms. The molecule has 12 N–H and O–H groups in total. The Morgan fingerprint density at radius 2 is 0.575 bits per heavy atom. The number of aliphatic hydroxyl groups excluding tert-OH is 5. The van der Waals surface area contributed by atoms with Crippen molar-refractivity contribution in [1.82, 2.24) is 19.9 Å². The fraction of sp³-hybridized carbons (Fsp3) is 0.163. The van der Waals surface area contributed by atoms with Crippen molar-refractivity contribution >= 4 is 107 Å². The third kappa shape index (κ3) is 17.6. The molecule has 5 aliphatic heterocycles. The molecule has 28 nitrogen and oxygen atoms in total. The van der Waals surface area contributed by atoms with Crippen LogP contribution in [0.2, 0.25) is 0 Å². The van der Waals surface area contributed by atoms with Gasteiger partial charge in [-0.3, -0.25) is 37.0 Å². The number of ether oxygens (including phenoxy) is 9. The van der Waals surface area contributed by atoms with E-state index in [-0.39, 0.29) is 90.7 Å². The van der Waals surface area contributed by atoms with E-state index in [9.17, 15) is 25.5 Å². The van der Waals surface area contributed by atoms with Crippen LogP contribution in [-0.4, -0.2) is 171 Å². The summed E-state index contributed by atoms with van der Waals surface area (Å²) in [4.78, 5) is 23.4. The Morgan fingerprint density at radius 1 is 0.292 bits per heavy atom. The molecule has 0 unspecified atom stereocenters. The van der Waals surface area contributed by atoms with E-state index in [1.165, 1.54) is 0 Å². The van der Waals surface area contributed by atoms with Crippen molar-refractivity contribution in [2.45, 2.75) is 6.92 Å². The summed E-state index contributed by atoms with van der Waals surface area (Å²) in [7, 11) is 14.3. The number of hydrogen-bond donors (Lipinski definition) is 12. The maximum absolute atomic E-state index is 10.5. The molecule has 9 heterocycles. The van der Waals surface area contributed by atoms with Gasteiger partial charge in [-0.05, 0) is 84.3 Å². The number of amidine groups is 5. The maximum Gasteiger partial charge on any atom is 0.138 e. The van der Waals surface area contributed by atoms with E-state index in [1.807, 2.05) is 146 Å². The summed E-state index contributed by atoms with van der Waals surface area (Å²) in [5.74, 6) is 7.76. The Hall–Kier alpha value is -15.6. The standard InChI is InChI=1S/C20H19N3O3.C20H19N3O2.C18H18N2O3.2C17H17N3O3/c1-25-14-8-13(9-15(10-14)26-2)23-11-18(24)19(20(23)21)17-7-12-5-3-4-6-16(12)22-17;1-12-7-14(10-15(8-12)25-2)23-11-18(24)19(20(23)21)17-9-13-5-3-4-6-16(13)22-17;1-22-14-8-13(9-15(10-14)23-2)20-11-16(21)17(18(20)19)12-6-4-3-5-7-12;1-22-13-7-12(8-14(9-13)23-2)20-10-15(21)16(17(20)18)11-3-5-19-6-4-11;1-22-12-7-11(8-13(9-12)23-2)20-10-15(21)16(17(20)18)14-5-3-4-6-19-14/h3-10,21-22,24H,11H2,1-2H3;3-10,21-22,24H,11H2,1-2H3;3-10,19,21H,11H2,1-2H3;2*3-9,18,21H,10H2,1-2H3. The minimum absolute atomic E-state index is 0.121. The number of benzene rings is 8. The van der Waals surface area contributed by atoms with Crippen LogP contribution in [0.3, 0.4) is 0 Å². The van der Waals surface area contributed by atoms with Gasteiger partial charge in [0.15, 0.2) is 0 Å². The number of aromatic nitrogens is 4. The summed E-state index contributed by atoms with van der Waals surface area (Å²) >= 11 is 0. The molecule has 0 radical (unpaired) electrons. The average molecular weight is 1620 g/mol. The SMILES string of the molecule is COc1cc(C)cc(N2CC(O)=C(c3cc4ccccc4[nH]3)C2=N)c1.COc1cc(OC)cc(N2CC(O)=C(c3cc4ccccc4[nH]3)C2=N)c1.COc1cc(OC)cc(N2CC(O)=C(c3ccccc3)C2=N)c1.COc1cc(OC)cc(N2CC(O)=C(c3ccccn3)C2=N)c1.COc1cc(OC)cc(N2CC(O)=C(c3ccncc3)C2=N)c1. The van der Waals surface area contributed by atoms with Crippen molar-refractivity contribution in [3.05, 3.63) is 293 Å². The van der Waals surface area contributed by atoms with Crippen LogP contribution in [0.1, 0.15) is 33.8 Å². The minimum atomic E-state index is 0.121. The zero-order valence-electron chi connectivity index (χ0n) is 67.5. The number of rotatable bonds is 19. The van der Waals surface area contributed by atoms with E-state index in [0.717, 1.165) is 78.4 Å². The van der Waals surface area contributed by atoms with Gasteiger partial charge < -0.3 is 103 Å². The monoisotopic (exact) mass is 1610 g/mol. The number of nitrogens with zero attached hydrogens (tertiary/aromatic N) is 7. The average Bonchev–Trinajstić information content (AvgIpc) is 1.62. The number of pyridine rings is 2. The quantitative estimate of drug-likeness (QED) is 0.0358. The topological polar surface area (TPSA) is 377 Å². The van der Waals surface area contributed by atoms with Gasteiger partial charge >= 0.3 is 0 Å². The first kappa shape index (κ1) is 82.4. The lowest BCUT2D eigenvalue weighted by molar-refractivity contribution is 0.394. The second-order valence-corrected chi connectivity index (χ2v) is 27.6. The van der Waals surface area contributed by atoms with Crippen molar-refractivity contribution in [2.24, 2.45) is 0 Å². The number of aryl methyl sites for hydroxylation is 1. The van der Waals surface area contributed by atoms with Crippen LogP contribution in [0.15, 0.2) is 260 Å². The van der Waals surface area contributed by atoms with Gasteiger partial charge in [-0.2, -0.15) is 0 Å². The van der Waals surface area contributed by atoms with Gasteiger partial charge in [-0.25, -0.2) is 0 Å². The summed E-state index contributed by atoms with van der Waals surface area (Å²) in [6, 6.07) is 65.5. The van der Waals surface area contributed by atoms with Crippen LogP contribution in [-0.2, 0) is 0 Å². The summed E-state index contributed by atoms with van der Waals surface area (Å²) in [5, 5.41) is 96.6. The Balaban J connectivity index is 0.000000130. The molecule has 12 aromatic rings. The highest BCUT2D eigenvalue weighted by molar-refractivity contribution is 6.34. The molecule has 0 spiro atoms. The number of nitrogens with one attached hydrogen (secondary N) is 7. The normalized spacial score (nSPS) is 14.4. The fourth-order valence-corrected chi connectivity index (χ4v) is 14.3. The van der Waals surface area contributed by atoms with Gasteiger partial charge in [0.05, 0.1) is 164 Å². The number of aliphatic hydroxyl groups is 5. The smallest absolute Gasteiger partial charge is 0.138 e. The molecule has 612 valence electrons. The third-order valence-corrected chi connectivity index (χ3v) is 20.2. The number of methoxy groups -OCH3 is 9. The van der Waals surface area contributed by atoms with Crippen molar-refractivity contribution in [1.29, 1.82) is 27.0 Å². The first-order chi connectivity index (χ1) is 58.1. The predicted octanol–water partition coefficient (Wildman–Crippen LogP) is 17.4. The first-order valence-electron chi connectivity index (χ1n) is 37.6. The highest BCUT2D eigenvalue weighted by atomic mass is 16.5. The maximum atomic E-state index is 10.5. The molecule has 0 aliphatic carbocycles. The predicted molar refractivity (Wildman–Crippen MR) is 471 cm³/mol. The van der Waals surface area contributed by atoms with Gasteiger partial charge in [0, 0.05) is 125 Å². The van der Waals surface area contributed by atoms with Crippen LogP contribution in [0.5, 0.6) is 51.7 Å². The van der Waals surface area contributed by atoms with E-state index in [4.69, 9.17) is 69.7 Å². The molecule has 0 atom stereocenters. The lowest BCUT2D eigenvalue weighted by Crippen LogP contribution is -2.26. The van der Waals surface area contributed by atoms with Crippen molar-refractivity contribution in [3.8, 4) is 51.7 Å². The molecule has 28 heteroatoms. The molecule has 8 aromatic carbocycles. The molecule has 0 fully saturated rings. The lowest BCUT2D eigenvalue weighted by atomic mass is 10.1. The minimum Gasteiger partial charge on any atom is -0.510 e. The largest absolute Gasteiger partial charge is 0.510 e. The molecule has 0 saturated heterocycles. The zero-order valence-corrected chi connectivity index (χ0v) is 67.5. The number of hydrogen-bond acceptors (Lipinski definition) is 21. The zero-order chi connectivity index (χ0) is 85.0. The van der Waals surface area contributed by atoms with E-state index in [1.54, 1.807) is 180 Å². The van der Waals surface area contributed by atoms with E-state index < -0.39 is 0 Å². The van der Waals surface area contributed by atoms with Crippen LogP contribution >= 0.6 is 0 Å². The Bertz CT molecular complexity index is 5590. The Labute approximate surface area is 692 Å². The summed E-state index contributed by atoms with van der Waals surface area (Å²) in [5.41, 5.74) is 12.9. The van der Waals surface area contributed by atoms with Gasteiger partial charge in [-0.15, -0.1) is 0 Å². The summed E-state index contributed by atoms with van der Waals surface area (Å²) < 4.78 is 47.6. The van der Waals surface area contributed by atoms with Crippen LogP contribution in [0.25, 0.3) is 49.7 Å². The highest BCUT2D eigenvalue weighted by Crippen LogP contribution is 2.42. The van der Waals surface area contributed by atoms with Gasteiger partial charge in [0.25, 0.3) is 0 Å².